The molecule has 2 heterocycles. The zero-order chi connectivity index (χ0) is 14.1. The molecular weight excluding hydrogens is 340 g/mol. The van der Waals surface area contributed by atoms with Gasteiger partial charge in [0.1, 0.15) is 10.8 Å². The van der Waals surface area contributed by atoms with E-state index in [4.69, 9.17) is 16.6 Å². The van der Waals surface area contributed by atoms with E-state index in [-0.39, 0.29) is 0 Å². The SMILES string of the molecule is CCn1nccc1-c1nc(Cl)c(Br)c(C2CCCC2)n1. The van der Waals surface area contributed by atoms with Crippen LogP contribution >= 0.6 is 27.5 Å². The number of aromatic nitrogens is 4. The largest absolute Gasteiger partial charge is 0.262 e. The first kappa shape index (κ1) is 14.0. The van der Waals surface area contributed by atoms with Crippen LogP contribution in [-0.2, 0) is 6.54 Å². The Balaban J connectivity index is 2.08. The molecule has 0 atom stereocenters. The van der Waals surface area contributed by atoms with Crippen LogP contribution < -0.4 is 0 Å². The van der Waals surface area contributed by atoms with Gasteiger partial charge in [0.25, 0.3) is 0 Å². The van der Waals surface area contributed by atoms with E-state index < -0.39 is 0 Å². The minimum atomic E-state index is 0.487. The molecule has 6 heteroatoms. The molecule has 20 heavy (non-hydrogen) atoms. The van der Waals surface area contributed by atoms with Gasteiger partial charge in [-0.3, -0.25) is 4.68 Å². The number of hydrogen-bond acceptors (Lipinski definition) is 3. The lowest BCUT2D eigenvalue weighted by Gasteiger charge is -2.13. The monoisotopic (exact) mass is 354 g/mol. The fraction of sp³-hybridized carbons (Fsp3) is 0.500. The van der Waals surface area contributed by atoms with Gasteiger partial charge in [0.15, 0.2) is 5.82 Å². The van der Waals surface area contributed by atoms with Gasteiger partial charge in [-0.05, 0) is 41.8 Å². The molecule has 0 N–H and O–H groups in total. The van der Waals surface area contributed by atoms with Crippen LogP contribution in [0.15, 0.2) is 16.7 Å². The number of hydrogen-bond donors (Lipinski definition) is 0. The van der Waals surface area contributed by atoms with E-state index in [1.807, 2.05) is 10.7 Å². The Morgan fingerprint density at radius 3 is 2.80 bits per heavy atom. The van der Waals surface area contributed by atoms with Crippen molar-refractivity contribution in [1.29, 1.82) is 0 Å². The lowest BCUT2D eigenvalue weighted by Crippen LogP contribution is -2.06. The van der Waals surface area contributed by atoms with Gasteiger partial charge in [-0.25, -0.2) is 9.97 Å². The third kappa shape index (κ3) is 2.49. The van der Waals surface area contributed by atoms with Crippen molar-refractivity contribution < 1.29 is 0 Å². The third-order valence-electron chi connectivity index (χ3n) is 3.82. The van der Waals surface area contributed by atoms with Crippen molar-refractivity contribution >= 4 is 27.5 Å². The van der Waals surface area contributed by atoms with Crippen LogP contribution in [0.5, 0.6) is 0 Å². The highest BCUT2D eigenvalue weighted by atomic mass is 79.9. The molecule has 0 unspecified atom stereocenters. The van der Waals surface area contributed by atoms with Gasteiger partial charge in [0.05, 0.1) is 10.2 Å². The maximum atomic E-state index is 6.28. The van der Waals surface area contributed by atoms with E-state index >= 15 is 0 Å². The fourth-order valence-corrected chi connectivity index (χ4v) is 3.47. The molecule has 0 radical (unpaired) electrons. The Labute approximate surface area is 131 Å². The first-order valence-electron chi connectivity index (χ1n) is 6.95. The zero-order valence-corrected chi connectivity index (χ0v) is 13.7. The fourth-order valence-electron chi connectivity index (χ4n) is 2.79. The molecule has 0 aromatic carbocycles. The average molecular weight is 356 g/mol. The van der Waals surface area contributed by atoms with Crippen molar-refractivity contribution in [2.24, 2.45) is 0 Å². The van der Waals surface area contributed by atoms with Crippen LogP contribution in [0, 0.1) is 0 Å². The second-order valence-electron chi connectivity index (χ2n) is 5.05. The van der Waals surface area contributed by atoms with Gasteiger partial charge in [0, 0.05) is 18.7 Å². The third-order valence-corrected chi connectivity index (χ3v) is 5.11. The number of halogens is 2. The van der Waals surface area contributed by atoms with E-state index in [9.17, 15) is 0 Å². The summed E-state index contributed by atoms with van der Waals surface area (Å²) in [6, 6.07) is 1.93. The summed E-state index contributed by atoms with van der Waals surface area (Å²) in [4.78, 5) is 9.17. The minimum absolute atomic E-state index is 0.487. The number of aryl methyl sites for hydroxylation is 1. The second-order valence-corrected chi connectivity index (χ2v) is 6.20. The summed E-state index contributed by atoms with van der Waals surface area (Å²) in [7, 11) is 0. The molecule has 1 aliphatic carbocycles. The van der Waals surface area contributed by atoms with Crippen molar-refractivity contribution in [1.82, 2.24) is 19.7 Å². The molecule has 0 spiro atoms. The maximum absolute atomic E-state index is 6.28. The highest BCUT2D eigenvalue weighted by Gasteiger charge is 2.24. The van der Waals surface area contributed by atoms with E-state index in [2.05, 4.69) is 32.9 Å². The van der Waals surface area contributed by atoms with Crippen LogP contribution in [-0.4, -0.2) is 19.7 Å². The predicted octanol–water partition coefficient (Wildman–Crippen LogP) is 4.43. The molecule has 0 bridgehead atoms. The summed E-state index contributed by atoms with van der Waals surface area (Å²) in [6.07, 6.45) is 6.66. The van der Waals surface area contributed by atoms with Crippen LogP contribution in [0.1, 0.15) is 44.2 Å². The Morgan fingerprint density at radius 1 is 1.35 bits per heavy atom. The highest BCUT2D eigenvalue weighted by Crippen LogP contribution is 2.39. The minimum Gasteiger partial charge on any atom is -0.262 e. The summed E-state index contributed by atoms with van der Waals surface area (Å²) >= 11 is 9.83. The van der Waals surface area contributed by atoms with Crippen LogP contribution in [0.3, 0.4) is 0 Å². The van der Waals surface area contributed by atoms with Crippen molar-refractivity contribution in [3.8, 4) is 11.5 Å². The lowest BCUT2D eigenvalue weighted by atomic mass is 10.0. The van der Waals surface area contributed by atoms with Crippen molar-refractivity contribution in [2.75, 3.05) is 0 Å². The average Bonchev–Trinajstić information content (AvgIpc) is 3.11. The summed E-state index contributed by atoms with van der Waals surface area (Å²) in [5, 5.41) is 4.76. The molecule has 2 aromatic heterocycles. The smallest absolute Gasteiger partial charge is 0.179 e. The molecule has 0 amide bonds. The lowest BCUT2D eigenvalue weighted by molar-refractivity contribution is 0.658. The standard InChI is InChI=1S/C14H16BrClN4/c1-2-20-10(7-8-17-20)14-18-12(9-5-3-4-6-9)11(15)13(16)19-14/h7-9H,2-6H2,1H3. The molecule has 0 saturated heterocycles. The van der Waals surface area contributed by atoms with Gasteiger partial charge in [-0.2, -0.15) is 5.10 Å². The van der Waals surface area contributed by atoms with Gasteiger partial charge < -0.3 is 0 Å². The zero-order valence-electron chi connectivity index (χ0n) is 11.3. The first-order chi connectivity index (χ1) is 9.70. The van der Waals surface area contributed by atoms with Gasteiger partial charge in [-0.1, -0.05) is 24.4 Å². The topological polar surface area (TPSA) is 43.6 Å². The molecule has 1 aliphatic rings. The maximum Gasteiger partial charge on any atom is 0.179 e. The van der Waals surface area contributed by atoms with Gasteiger partial charge in [0.2, 0.25) is 0 Å². The molecule has 1 saturated carbocycles. The molecule has 3 rings (SSSR count). The molecule has 0 aliphatic heterocycles. The Morgan fingerprint density at radius 2 is 2.10 bits per heavy atom. The summed E-state index contributed by atoms with van der Waals surface area (Å²) in [5.41, 5.74) is 1.96. The molecule has 106 valence electrons. The van der Waals surface area contributed by atoms with Crippen LogP contribution in [0.25, 0.3) is 11.5 Å². The van der Waals surface area contributed by atoms with E-state index in [1.54, 1.807) is 6.20 Å². The van der Waals surface area contributed by atoms with Crippen molar-refractivity contribution in [3.63, 3.8) is 0 Å². The normalized spacial score (nSPS) is 15.9. The molecular formula is C14H16BrClN4. The highest BCUT2D eigenvalue weighted by molar-refractivity contribution is 9.10. The first-order valence-corrected chi connectivity index (χ1v) is 8.13. The summed E-state index contributed by atoms with van der Waals surface area (Å²) in [6.45, 7) is 2.84. The van der Waals surface area contributed by atoms with Crippen molar-refractivity contribution in [3.05, 3.63) is 27.6 Å². The predicted molar refractivity (Wildman–Crippen MR) is 82.8 cm³/mol. The molecule has 1 fully saturated rings. The summed E-state index contributed by atoms with van der Waals surface area (Å²) < 4.78 is 2.73. The Kier molecular flexibility index (Phi) is 4.08. The number of nitrogens with zero attached hydrogens (tertiary/aromatic N) is 4. The van der Waals surface area contributed by atoms with E-state index in [0.717, 1.165) is 22.4 Å². The van der Waals surface area contributed by atoms with Crippen LogP contribution in [0.2, 0.25) is 5.15 Å². The van der Waals surface area contributed by atoms with Crippen molar-refractivity contribution in [2.45, 2.75) is 45.1 Å². The molecule has 2 aromatic rings. The quantitative estimate of drug-likeness (QED) is 0.765. The molecule has 4 nitrogen and oxygen atoms in total. The summed E-state index contributed by atoms with van der Waals surface area (Å²) in [5.74, 6) is 1.15. The Bertz CT molecular complexity index is 620. The number of rotatable bonds is 3. The van der Waals surface area contributed by atoms with Gasteiger partial charge >= 0.3 is 0 Å². The van der Waals surface area contributed by atoms with Gasteiger partial charge in [-0.15, -0.1) is 0 Å². The second kappa shape index (κ2) is 5.82. The Hall–Kier alpha value is -0.940. The van der Waals surface area contributed by atoms with E-state index in [0.29, 0.717) is 16.9 Å². The van der Waals surface area contributed by atoms with Crippen LogP contribution in [0.4, 0.5) is 0 Å². The van der Waals surface area contributed by atoms with E-state index in [1.165, 1.54) is 25.7 Å².